The summed E-state index contributed by atoms with van der Waals surface area (Å²) in [4.78, 5) is 2.51. The van der Waals surface area contributed by atoms with Gasteiger partial charge in [-0.05, 0) is 17.4 Å². The van der Waals surface area contributed by atoms with Gasteiger partial charge in [0.25, 0.3) is 0 Å². The highest BCUT2D eigenvalue weighted by molar-refractivity contribution is 5.16. The molecular weight excluding hydrogens is 210 g/mol. The summed E-state index contributed by atoms with van der Waals surface area (Å²) in [6, 6.07) is 11.4. The maximum atomic E-state index is 5.19. The Kier molecular flexibility index (Phi) is 3.85. The van der Waals surface area contributed by atoms with Crippen molar-refractivity contribution in [2.24, 2.45) is 5.41 Å². The molecule has 0 bridgehead atoms. The fourth-order valence-electron chi connectivity index (χ4n) is 2.52. The van der Waals surface area contributed by atoms with Crippen molar-refractivity contribution in [3.8, 4) is 0 Å². The van der Waals surface area contributed by atoms with Crippen LogP contribution in [0.1, 0.15) is 19.4 Å². The van der Waals surface area contributed by atoms with E-state index in [9.17, 15) is 0 Å². The number of benzene rings is 1. The average Bonchev–Trinajstić information content (AvgIpc) is 2.96. The minimum absolute atomic E-state index is 0.337. The van der Waals surface area contributed by atoms with Gasteiger partial charge in [0.05, 0.1) is 6.61 Å². The first-order valence-electron chi connectivity index (χ1n) is 6.38. The molecule has 2 nitrogen and oxygen atoms in total. The monoisotopic (exact) mass is 233 g/mol. The van der Waals surface area contributed by atoms with Crippen LogP contribution in [0.25, 0.3) is 0 Å². The summed E-state index contributed by atoms with van der Waals surface area (Å²) in [6.45, 7) is 7.94. The van der Waals surface area contributed by atoms with Gasteiger partial charge in [-0.15, -0.1) is 0 Å². The summed E-state index contributed by atoms with van der Waals surface area (Å²) in [5, 5.41) is 0. The average molecular weight is 233 g/mol. The van der Waals surface area contributed by atoms with Crippen molar-refractivity contribution >= 4 is 0 Å². The lowest BCUT2D eigenvalue weighted by molar-refractivity contribution is 0.177. The maximum Gasteiger partial charge on any atom is 0.0630 e. The van der Waals surface area contributed by atoms with Crippen molar-refractivity contribution in [1.29, 1.82) is 0 Å². The number of nitrogens with zero attached hydrogens (tertiary/aromatic N) is 1. The summed E-state index contributed by atoms with van der Waals surface area (Å²) < 4.78 is 5.19. The Hall–Kier alpha value is -0.860. The molecule has 1 fully saturated rings. The van der Waals surface area contributed by atoms with E-state index >= 15 is 0 Å². The van der Waals surface area contributed by atoms with E-state index in [-0.39, 0.29) is 0 Å². The molecule has 94 valence electrons. The number of rotatable bonds is 6. The highest BCUT2D eigenvalue weighted by atomic mass is 16.5. The smallest absolute Gasteiger partial charge is 0.0630 e. The second kappa shape index (κ2) is 5.19. The van der Waals surface area contributed by atoms with Crippen molar-refractivity contribution < 1.29 is 4.74 Å². The molecular formula is C15H23NO. The number of ether oxygens (including phenoxy) is 1. The highest BCUT2D eigenvalue weighted by Gasteiger charge is 2.37. The first kappa shape index (κ1) is 12.6. The van der Waals surface area contributed by atoms with Gasteiger partial charge in [-0.25, -0.2) is 0 Å². The highest BCUT2D eigenvalue weighted by Crippen LogP contribution is 2.29. The van der Waals surface area contributed by atoms with Crippen LogP contribution in [0.15, 0.2) is 30.3 Å². The van der Waals surface area contributed by atoms with E-state index in [1.165, 1.54) is 12.1 Å². The summed E-state index contributed by atoms with van der Waals surface area (Å²) in [5.41, 5.74) is 1.77. The van der Waals surface area contributed by atoms with E-state index in [0.717, 1.165) is 19.6 Å². The van der Waals surface area contributed by atoms with Crippen molar-refractivity contribution in [3.05, 3.63) is 35.9 Å². The van der Waals surface area contributed by atoms with Crippen LogP contribution in [-0.2, 0) is 11.2 Å². The van der Waals surface area contributed by atoms with Gasteiger partial charge in [0, 0.05) is 26.2 Å². The van der Waals surface area contributed by atoms with Crippen molar-refractivity contribution in [2.45, 2.75) is 26.3 Å². The molecule has 0 aromatic heterocycles. The molecule has 1 aliphatic rings. The van der Waals surface area contributed by atoms with Gasteiger partial charge < -0.3 is 4.74 Å². The van der Waals surface area contributed by atoms with E-state index in [1.807, 2.05) is 0 Å². The van der Waals surface area contributed by atoms with E-state index in [1.54, 1.807) is 7.11 Å². The zero-order chi connectivity index (χ0) is 12.3. The molecule has 0 N–H and O–H groups in total. The lowest BCUT2D eigenvalue weighted by Gasteiger charge is -2.25. The van der Waals surface area contributed by atoms with E-state index < -0.39 is 0 Å². The summed E-state index contributed by atoms with van der Waals surface area (Å²) in [7, 11) is 1.78. The van der Waals surface area contributed by atoms with E-state index in [4.69, 9.17) is 4.74 Å². The van der Waals surface area contributed by atoms with E-state index in [2.05, 4.69) is 49.1 Å². The van der Waals surface area contributed by atoms with Crippen LogP contribution >= 0.6 is 0 Å². The van der Waals surface area contributed by atoms with Crippen LogP contribution in [0, 0.1) is 5.41 Å². The Morgan fingerprint density at radius 3 is 2.65 bits per heavy atom. The molecule has 2 unspecified atom stereocenters. The lowest BCUT2D eigenvalue weighted by Crippen LogP contribution is -2.26. The second-order valence-corrected chi connectivity index (χ2v) is 5.87. The molecule has 1 heterocycles. The zero-order valence-corrected chi connectivity index (χ0v) is 11.1. The molecule has 0 radical (unpaired) electrons. The quantitative estimate of drug-likeness (QED) is 0.700. The van der Waals surface area contributed by atoms with Gasteiger partial charge in [-0.2, -0.15) is 0 Å². The largest absolute Gasteiger partial charge is 0.383 e. The predicted molar refractivity (Wildman–Crippen MR) is 71.2 cm³/mol. The molecule has 2 atom stereocenters. The van der Waals surface area contributed by atoms with E-state index in [0.29, 0.717) is 11.5 Å². The second-order valence-electron chi connectivity index (χ2n) is 5.87. The number of hydrogen-bond donors (Lipinski definition) is 0. The Morgan fingerprint density at radius 1 is 1.29 bits per heavy atom. The van der Waals surface area contributed by atoms with Gasteiger partial charge in [0.15, 0.2) is 0 Å². The lowest BCUT2D eigenvalue weighted by atomic mass is 9.85. The third-order valence-electron chi connectivity index (χ3n) is 3.34. The molecule has 0 spiro atoms. The number of hydrogen-bond acceptors (Lipinski definition) is 2. The third kappa shape index (κ3) is 3.83. The van der Waals surface area contributed by atoms with Gasteiger partial charge in [0.1, 0.15) is 0 Å². The number of methoxy groups -OCH3 is 1. The molecule has 1 aromatic carbocycles. The van der Waals surface area contributed by atoms with Gasteiger partial charge in [-0.3, -0.25) is 4.90 Å². The fraction of sp³-hybridized carbons (Fsp3) is 0.600. The predicted octanol–water partition coefficient (Wildman–Crippen LogP) is 2.59. The van der Waals surface area contributed by atoms with Crippen molar-refractivity contribution in [3.63, 3.8) is 0 Å². The summed E-state index contributed by atoms with van der Waals surface area (Å²) in [6.07, 6.45) is 1.14. The first-order chi connectivity index (χ1) is 8.11. The van der Waals surface area contributed by atoms with Crippen molar-refractivity contribution in [1.82, 2.24) is 4.90 Å². The normalized spacial score (nSPS) is 23.7. The molecule has 2 heteroatoms. The van der Waals surface area contributed by atoms with Crippen LogP contribution in [-0.4, -0.2) is 37.7 Å². The minimum Gasteiger partial charge on any atom is -0.383 e. The fourth-order valence-corrected chi connectivity index (χ4v) is 2.52. The van der Waals surface area contributed by atoms with Gasteiger partial charge >= 0.3 is 0 Å². The van der Waals surface area contributed by atoms with Crippen LogP contribution in [0.2, 0.25) is 0 Å². The Labute approximate surface area is 105 Å². The van der Waals surface area contributed by atoms with Crippen LogP contribution in [0.4, 0.5) is 0 Å². The Morgan fingerprint density at radius 2 is 2.00 bits per heavy atom. The molecule has 2 rings (SSSR count). The first-order valence-corrected chi connectivity index (χ1v) is 6.38. The van der Waals surface area contributed by atoms with Gasteiger partial charge in [-0.1, -0.05) is 44.2 Å². The van der Waals surface area contributed by atoms with Crippen LogP contribution in [0.3, 0.4) is 0 Å². The third-order valence-corrected chi connectivity index (χ3v) is 3.34. The standard InChI is InChI=1S/C15H23NO/c1-15(2,9-13-7-5-4-6-8-13)12-16-10-14(16)11-17-3/h4-8,14H,9-12H2,1-3H3. The molecule has 1 aromatic rings. The SMILES string of the molecule is COCC1CN1CC(C)(C)Cc1ccccc1. The van der Waals surface area contributed by atoms with Gasteiger partial charge in [0.2, 0.25) is 0 Å². The summed E-state index contributed by atoms with van der Waals surface area (Å²) in [5.74, 6) is 0. The molecule has 0 saturated carbocycles. The molecule has 0 aliphatic carbocycles. The zero-order valence-electron chi connectivity index (χ0n) is 11.1. The van der Waals surface area contributed by atoms with Crippen molar-refractivity contribution in [2.75, 3.05) is 26.8 Å². The Balaban J connectivity index is 1.83. The minimum atomic E-state index is 0.337. The topological polar surface area (TPSA) is 12.2 Å². The summed E-state index contributed by atoms with van der Waals surface area (Å²) >= 11 is 0. The molecule has 1 saturated heterocycles. The Bertz CT molecular complexity index is 347. The van der Waals surface area contributed by atoms with Crippen LogP contribution in [0.5, 0.6) is 0 Å². The molecule has 1 aliphatic heterocycles. The molecule has 0 amide bonds. The maximum absolute atomic E-state index is 5.19. The van der Waals surface area contributed by atoms with Crippen LogP contribution < -0.4 is 0 Å². The molecule has 17 heavy (non-hydrogen) atoms.